The van der Waals surface area contributed by atoms with Crippen LogP contribution in [0.3, 0.4) is 0 Å². The molecule has 1 aromatic heterocycles. The van der Waals surface area contributed by atoms with Crippen molar-refractivity contribution in [1.82, 2.24) is 14.8 Å². The molecule has 0 atom stereocenters. The fraction of sp³-hybridized carbons (Fsp3) is 0.214. The van der Waals surface area contributed by atoms with Gasteiger partial charge in [-0.15, -0.1) is 0 Å². The van der Waals surface area contributed by atoms with Crippen LogP contribution in [0, 0.1) is 11.6 Å². The molecule has 1 amide bonds. The molecule has 3 aromatic rings. The normalized spacial score (nSPS) is 14.1. The van der Waals surface area contributed by atoms with Gasteiger partial charge in [-0.05, 0) is 60.0 Å². The van der Waals surface area contributed by atoms with Crippen LogP contribution >= 0.6 is 0 Å². The van der Waals surface area contributed by atoms with Gasteiger partial charge in [0.2, 0.25) is 5.91 Å². The van der Waals surface area contributed by atoms with Gasteiger partial charge in [0.15, 0.2) is 0 Å². The van der Waals surface area contributed by atoms with Gasteiger partial charge in [-0.25, -0.2) is 13.8 Å². The lowest BCUT2D eigenvalue weighted by molar-refractivity contribution is -0.131. The Morgan fingerprint density at radius 2 is 1.54 bits per heavy atom. The molecule has 1 aliphatic heterocycles. The third-order valence-corrected chi connectivity index (χ3v) is 6.08. The Morgan fingerprint density at radius 1 is 0.943 bits per heavy atom. The number of hydrogen-bond donors (Lipinski definition) is 0. The van der Waals surface area contributed by atoms with Gasteiger partial charge in [-0.3, -0.25) is 4.79 Å². The molecule has 0 saturated carbocycles. The number of carbonyl (C=O) groups excluding carboxylic acids is 1. The summed E-state index contributed by atoms with van der Waals surface area (Å²) in [6, 6.07) is 18.0. The van der Waals surface area contributed by atoms with Gasteiger partial charge >= 0.3 is 0 Å². The minimum atomic E-state index is -0.340. The van der Waals surface area contributed by atoms with E-state index in [4.69, 9.17) is 0 Å². The highest BCUT2D eigenvalue weighted by molar-refractivity contribution is 5.81. The maximum Gasteiger partial charge on any atom is 0.242 e. The van der Waals surface area contributed by atoms with Crippen LogP contribution in [-0.4, -0.2) is 53.4 Å². The van der Waals surface area contributed by atoms with Crippen molar-refractivity contribution >= 4 is 23.0 Å². The Balaban J connectivity index is 1.50. The summed E-state index contributed by atoms with van der Waals surface area (Å²) in [7, 11) is 0. The van der Waals surface area contributed by atoms with Crippen molar-refractivity contribution in [2.24, 2.45) is 0 Å². The molecule has 0 N–H and O–H groups in total. The van der Waals surface area contributed by atoms with E-state index in [1.807, 2.05) is 36.2 Å². The highest BCUT2D eigenvalue weighted by Gasteiger charge is 2.24. The van der Waals surface area contributed by atoms with E-state index < -0.39 is 0 Å². The van der Waals surface area contributed by atoms with Crippen molar-refractivity contribution in [2.45, 2.75) is 6.92 Å². The van der Waals surface area contributed by atoms with Crippen molar-refractivity contribution in [3.63, 3.8) is 0 Å². The van der Waals surface area contributed by atoms with Gasteiger partial charge in [0.1, 0.15) is 24.0 Å². The standard InChI is InChI=1S/C28H28F2N4O/c1-21(23-6-10-25(29)11-7-23)19-34(22(2)24-8-12-26(30)13-9-24)20-28(35)33-17-15-32(16-18-33)27-5-3-4-14-31-27/h3-14,19H,2,15-18,20H2,1H3/b21-19+. The van der Waals surface area contributed by atoms with Gasteiger partial charge in [0, 0.05) is 44.3 Å². The minimum Gasteiger partial charge on any atom is -0.353 e. The molecule has 0 bridgehead atoms. The molecule has 1 aliphatic rings. The lowest BCUT2D eigenvalue weighted by Crippen LogP contribution is -2.51. The lowest BCUT2D eigenvalue weighted by Gasteiger charge is -2.36. The molecule has 0 unspecified atom stereocenters. The number of piperazine rings is 1. The largest absolute Gasteiger partial charge is 0.353 e. The van der Waals surface area contributed by atoms with Crippen molar-refractivity contribution in [3.05, 3.63) is 108 Å². The Hall–Kier alpha value is -4.00. The summed E-state index contributed by atoms with van der Waals surface area (Å²) in [5, 5.41) is 0. The van der Waals surface area contributed by atoms with Gasteiger partial charge in [0.25, 0.3) is 0 Å². The van der Waals surface area contributed by atoms with Gasteiger partial charge in [-0.1, -0.05) is 36.9 Å². The number of aromatic nitrogens is 1. The molecule has 1 saturated heterocycles. The van der Waals surface area contributed by atoms with Gasteiger partial charge < -0.3 is 14.7 Å². The third kappa shape index (κ3) is 6.12. The number of nitrogens with zero attached hydrogens (tertiary/aromatic N) is 4. The minimum absolute atomic E-state index is 0.0305. The van der Waals surface area contributed by atoms with E-state index >= 15 is 0 Å². The monoisotopic (exact) mass is 474 g/mol. The van der Waals surface area contributed by atoms with Crippen LogP contribution in [0.4, 0.5) is 14.6 Å². The zero-order valence-electron chi connectivity index (χ0n) is 19.7. The Morgan fingerprint density at radius 3 is 2.11 bits per heavy atom. The first kappa shape index (κ1) is 24.1. The first-order valence-corrected chi connectivity index (χ1v) is 11.5. The summed E-state index contributed by atoms with van der Waals surface area (Å²) in [5.74, 6) is 0.225. The number of halogens is 2. The Labute approximate surface area is 204 Å². The number of carbonyl (C=O) groups is 1. The summed E-state index contributed by atoms with van der Waals surface area (Å²) >= 11 is 0. The number of allylic oxidation sites excluding steroid dienone is 1. The maximum absolute atomic E-state index is 13.5. The third-order valence-electron chi connectivity index (χ3n) is 6.08. The zero-order valence-corrected chi connectivity index (χ0v) is 19.7. The van der Waals surface area contributed by atoms with Crippen LogP contribution in [0.1, 0.15) is 18.1 Å². The van der Waals surface area contributed by atoms with Crippen molar-refractivity contribution < 1.29 is 13.6 Å². The molecule has 35 heavy (non-hydrogen) atoms. The lowest BCUT2D eigenvalue weighted by atomic mass is 10.1. The number of pyridine rings is 1. The SMILES string of the molecule is C=C(c1ccc(F)cc1)N(/C=C(\C)c1ccc(F)cc1)CC(=O)N1CCN(c2ccccn2)CC1. The average Bonchev–Trinajstić information content (AvgIpc) is 2.89. The van der Waals surface area contributed by atoms with E-state index in [-0.39, 0.29) is 24.1 Å². The summed E-state index contributed by atoms with van der Waals surface area (Å²) < 4.78 is 26.8. The predicted molar refractivity (Wildman–Crippen MR) is 135 cm³/mol. The van der Waals surface area contributed by atoms with E-state index in [1.54, 1.807) is 35.4 Å². The number of hydrogen-bond acceptors (Lipinski definition) is 4. The van der Waals surface area contributed by atoms with Crippen LogP contribution in [0.2, 0.25) is 0 Å². The Kier molecular flexibility index (Phi) is 7.55. The molecule has 2 heterocycles. The summed E-state index contributed by atoms with van der Waals surface area (Å²) in [4.78, 5) is 23.4. The number of rotatable bonds is 7. The fourth-order valence-corrected chi connectivity index (χ4v) is 4.02. The average molecular weight is 475 g/mol. The molecular weight excluding hydrogens is 446 g/mol. The molecule has 1 fully saturated rings. The summed E-state index contributed by atoms with van der Waals surface area (Å²) in [6.45, 7) is 8.74. The van der Waals surface area contributed by atoms with Crippen molar-refractivity contribution in [2.75, 3.05) is 37.6 Å². The molecule has 180 valence electrons. The molecule has 7 heteroatoms. The number of anilines is 1. The number of benzene rings is 2. The van der Waals surface area contributed by atoms with Crippen LogP contribution in [0.25, 0.3) is 11.3 Å². The smallest absolute Gasteiger partial charge is 0.242 e. The van der Waals surface area contributed by atoms with E-state index in [0.29, 0.717) is 37.4 Å². The quantitative estimate of drug-likeness (QED) is 0.481. The second kappa shape index (κ2) is 11.0. The van der Waals surface area contributed by atoms with Crippen LogP contribution in [0.5, 0.6) is 0 Å². The molecule has 0 radical (unpaired) electrons. The predicted octanol–water partition coefficient (Wildman–Crippen LogP) is 5.04. The second-order valence-corrected chi connectivity index (χ2v) is 8.46. The van der Waals surface area contributed by atoms with Gasteiger partial charge in [-0.2, -0.15) is 0 Å². The van der Waals surface area contributed by atoms with Gasteiger partial charge in [0.05, 0.1) is 0 Å². The fourth-order valence-electron chi connectivity index (χ4n) is 4.02. The zero-order chi connectivity index (χ0) is 24.8. The molecule has 4 rings (SSSR count). The molecule has 5 nitrogen and oxygen atoms in total. The van der Waals surface area contributed by atoms with Crippen LogP contribution in [0.15, 0.2) is 85.7 Å². The Bertz CT molecular complexity index is 1190. The van der Waals surface area contributed by atoms with E-state index in [2.05, 4.69) is 16.5 Å². The molecule has 0 spiro atoms. The summed E-state index contributed by atoms with van der Waals surface area (Å²) in [5.41, 5.74) is 2.97. The van der Waals surface area contributed by atoms with E-state index in [9.17, 15) is 13.6 Å². The van der Waals surface area contributed by atoms with Crippen LogP contribution in [-0.2, 0) is 4.79 Å². The highest BCUT2D eigenvalue weighted by atomic mass is 19.1. The molecular formula is C28H28F2N4O. The second-order valence-electron chi connectivity index (χ2n) is 8.46. The van der Waals surface area contributed by atoms with Crippen molar-refractivity contribution in [1.29, 1.82) is 0 Å². The first-order valence-electron chi connectivity index (χ1n) is 11.5. The molecule has 2 aromatic carbocycles. The summed E-state index contributed by atoms with van der Waals surface area (Å²) in [6.07, 6.45) is 3.60. The topological polar surface area (TPSA) is 39.7 Å². The van der Waals surface area contributed by atoms with Crippen LogP contribution < -0.4 is 4.90 Å². The van der Waals surface area contributed by atoms with E-state index in [0.717, 1.165) is 17.0 Å². The van der Waals surface area contributed by atoms with E-state index in [1.165, 1.54) is 24.3 Å². The highest BCUT2D eigenvalue weighted by Crippen LogP contribution is 2.23. The van der Waals surface area contributed by atoms with Crippen molar-refractivity contribution in [3.8, 4) is 0 Å². The molecule has 0 aliphatic carbocycles. The maximum atomic E-state index is 13.5. The number of amides is 1. The first-order chi connectivity index (χ1) is 16.9.